The van der Waals surface area contributed by atoms with Gasteiger partial charge in [0.1, 0.15) is 0 Å². The van der Waals surface area contributed by atoms with Gasteiger partial charge in [-0.05, 0) is 38.5 Å². The molecule has 0 aliphatic rings. The van der Waals surface area contributed by atoms with Gasteiger partial charge in [0.15, 0.2) is 0 Å². The number of aliphatic carboxylic acids is 3. The SMILES string of the molecule is CCCCCCCCCC(=O)[O-].CCCCCCCCCC(=O)[O-].CCCCCCCCCC(=O)[O-].[Ru+3]. The fourth-order valence-corrected chi connectivity index (χ4v) is 3.68. The van der Waals surface area contributed by atoms with E-state index in [-0.39, 0.29) is 38.7 Å². The summed E-state index contributed by atoms with van der Waals surface area (Å²) in [5.41, 5.74) is 0. The van der Waals surface area contributed by atoms with Crippen molar-refractivity contribution in [1.29, 1.82) is 0 Å². The Morgan fingerprint density at radius 3 is 0.676 bits per heavy atom. The van der Waals surface area contributed by atoms with Crippen molar-refractivity contribution in [2.24, 2.45) is 0 Å². The van der Waals surface area contributed by atoms with Crippen LogP contribution >= 0.6 is 0 Å². The third-order valence-corrected chi connectivity index (χ3v) is 5.95. The van der Waals surface area contributed by atoms with Crippen LogP contribution in [-0.4, -0.2) is 17.9 Å². The van der Waals surface area contributed by atoms with Gasteiger partial charge in [0.25, 0.3) is 0 Å². The van der Waals surface area contributed by atoms with Gasteiger partial charge < -0.3 is 29.7 Å². The summed E-state index contributed by atoms with van der Waals surface area (Å²) in [4.78, 5) is 30.1. The standard InChI is InChI=1S/3C10H20O2.Ru/c3*1-2-3-4-5-6-7-8-9-10(11)12;/h3*2-9H2,1H3,(H,11,12);/q;;;+3/p-3. The summed E-state index contributed by atoms with van der Waals surface area (Å²) >= 11 is 0. The molecular weight excluding hydrogens is 557 g/mol. The van der Waals surface area contributed by atoms with Crippen LogP contribution in [0.4, 0.5) is 0 Å². The van der Waals surface area contributed by atoms with Gasteiger partial charge in [0.2, 0.25) is 0 Å². The van der Waals surface area contributed by atoms with E-state index >= 15 is 0 Å². The summed E-state index contributed by atoms with van der Waals surface area (Å²) in [6, 6.07) is 0. The number of carboxylic acids is 3. The van der Waals surface area contributed by atoms with Crippen molar-refractivity contribution < 1.29 is 49.2 Å². The van der Waals surface area contributed by atoms with E-state index in [0.717, 1.165) is 38.5 Å². The average Bonchev–Trinajstić information content (AvgIpc) is 2.83. The Hall–Kier alpha value is -0.967. The maximum Gasteiger partial charge on any atom is 3.00 e. The molecular formula is C30H57O6Ru. The van der Waals surface area contributed by atoms with Crippen molar-refractivity contribution >= 4 is 17.9 Å². The summed E-state index contributed by atoms with van der Waals surface area (Å²) in [5, 5.41) is 30.1. The van der Waals surface area contributed by atoms with Crippen molar-refractivity contribution in [1.82, 2.24) is 0 Å². The van der Waals surface area contributed by atoms with Crippen LogP contribution in [-0.2, 0) is 33.9 Å². The van der Waals surface area contributed by atoms with Crippen molar-refractivity contribution in [2.75, 3.05) is 0 Å². The van der Waals surface area contributed by atoms with E-state index < -0.39 is 17.9 Å². The van der Waals surface area contributed by atoms with E-state index in [4.69, 9.17) is 0 Å². The topological polar surface area (TPSA) is 120 Å². The molecule has 1 radical (unpaired) electrons. The van der Waals surface area contributed by atoms with Crippen LogP contribution in [0.2, 0.25) is 0 Å². The monoisotopic (exact) mass is 615 g/mol. The minimum Gasteiger partial charge on any atom is -0.550 e. The fourth-order valence-electron chi connectivity index (χ4n) is 3.68. The van der Waals surface area contributed by atoms with Crippen LogP contribution < -0.4 is 15.3 Å². The Bertz CT molecular complexity index is 404. The van der Waals surface area contributed by atoms with Crippen LogP contribution in [0.15, 0.2) is 0 Å². The summed E-state index contributed by atoms with van der Waals surface area (Å²) in [6.07, 6.45) is 25.0. The van der Waals surface area contributed by atoms with Gasteiger partial charge in [-0.2, -0.15) is 0 Å². The molecule has 0 aromatic carbocycles. The normalized spacial score (nSPS) is 9.81. The number of rotatable bonds is 24. The molecule has 6 nitrogen and oxygen atoms in total. The second-order valence-electron chi connectivity index (χ2n) is 9.73. The third kappa shape index (κ3) is 56.4. The van der Waals surface area contributed by atoms with Crippen molar-refractivity contribution in [3.05, 3.63) is 0 Å². The maximum atomic E-state index is 10.0. The Balaban J connectivity index is -0.000000218. The number of carbonyl (C=O) groups excluding carboxylic acids is 3. The van der Waals surface area contributed by atoms with E-state index in [1.165, 1.54) is 96.3 Å². The second kappa shape index (κ2) is 39.5. The first-order valence-corrected chi connectivity index (χ1v) is 14.9. The van der Waals surface area contributed by atoms with E-state index in [0.29, 0.717) is 0 Å². The van der Waals surface area contributed by atoms with Crippen molar-refractivity contribution in [2.45, 2.75) is 175 Å². The van der Waals surface area contributed by atoms with Gasteiger partial charge in [0.05, 0.1) is 0 Å². The van der Waals surface area contributed by atoms with Gasteiger partial charge >= 0.3 is 19.5 Å². The quantitative estimate of drug-likeness (QED) is 0.103. The minimum atomic E-state index is -0.913. The van der Waals surface area contributed by atoms with Crippen LogP contribution in [0, 0.1) is 0 Å². The second-order valence-corrected chi connectivity index (χ2v) is 9.73. The molecule has 0 unspecified atom stereocenters. The Labute approximate surface area is 241 Å². The maximum absolute atomic E-state index is 10.0. The first-order chi connectivity index (χ1) is 17.3. The van der Waals surface area contributed by atoms with Crippen LogP contribution in [0.3, 0.4) is 0 Å². The summed E-state index contributed by atoms with van der Waals surface area (Å²) in [6.45, 7) is 6.57. The molecule has 0 aliphatic heterocycles. The minimum absolute atomic E-state index is 0. The number of carboxylic acid groups (broad SMARTS) is 3. The number of hydrogen-bond acceptors (Lipinski definition) is 6. The number of unbranched alkanes of at least 4 members (excludes halogenated alkanes) is 18. The molecule has 0 saturated carbocycles. The van der Waals surface area contributed by atoms with Gasteiger partial charge in [-0.1, -0.05) is 136 Å². The molecule has 0 aliphatic carbocycles. The molecule has 221 valence electrons. The molecule has 0 saturated heterocycles. The molecule has 0 heterocycles. The summed E-state index contributed by atoms with van der Waals surface area (Å²) in [7, 11) is 0. The van der Waals surface area contributed by atoms with Gasteiger partial charge in [-0.3, -0.25) is 0 Å². The molecule has 0 atom stereocenters. The predicted molar refractivity (Wildman–Crippen MR) is 143 cm³/mol. The summed E-state index contributed by atoms with van der Waals surface area (Å²) < 4.78 is 0. The molecule has 7 heteroatoms. The van der Waals surface area contributed by atoms with E-state index in [2.05, 4.69) is 20.8 Å². The first kappa shape index (κ1) is 43.1. The van der Waals surface area contributed by atoms with Gasteiger partial charge in [-0.15, -0.1) is 0 Å². The summed E-state index contributed by atoms with van der Waals surface area (Å²) in [5.74, 6) is -2.74. The van der Waals surface area contributed by atoms with Crippen molar-refractivity contribution in [3.63, 3.8) is 0 Å². The molecule has 0 amide bonds. The average molecular weight is 615 g/mol. The zero-order valence-corrected chi connectivity index (χ0v) is 26.0. The molecule has 0 bridgehead atoms. The zero-order valence-electron chi connectivity index (χ0n) is 24.3. The molecule has 0 aromatic heterocycles. The predicted octanol–water partition coefficient (Wildman–Crippen LogP) is 5.63. The Morgan fingerprint density at radius 1 is 0.351 bits per heavy atom. The third-order valence-electron chi connectivity index (χ3n) is 5.95. The van der Waals surface area contributed by atoms with Crippen molar-refractivity contribution in [3.8, 4) is 0 Å². The first-order valence-electron chi connectivity index (χ1n) is 14.9. The molecule has 0 spiro atoms. The van der Waals surface area contributed by atoms with Crippen LogP contribution in [0.25, 0.3) is 0 Å². The van der Waals surface area contributed by atoms with E-state index in [1.54, 1.807) is 0 Å². The van der Waals surface area contributed by atoms with Gasteiger partial charge in [-0.25, -0.2) is 0 Å². The van der Waals surface area contributed by atoms with Crippen LogP contribution in [0.1, 0.15) is 175 Å². The molecule has 0 fully saturated rings. The Morgan fingerprint density at radius 2 is 0.514 bits per heavy atom. The fraction of sp³-hybridized carbons (Fsp3) is 0.900. The molecule has 0 aromatic rings. The smallest absolute Gasteiger partial charge is 0.550 e. The Kier molecular flexibility index (Phi) is 46.1. The zero-order chi connectivity index (χ0) is 27.7. The largest absolute Gasteiger partial charge is 3.00 e. The molecule has 37 heavy (non-hydrogen) atoms. The van der Waals surface area contributed by atoms with E-state index in [9.17, 15) is 29.7 Å². The van der Waals surface area contributed by atoms with Gasteiger partial charge in [0, 0.05) is 17.9 Å². The van der Waals surface area contributed by atoms with Crippen LogP contribution in [0.5, 0.6) is 0 Å². The number of hydrogen-bond donors (Lipinski definition) is 0. The molecule has 0 rings (SSSR count). The molecule has 0 N–H and O–H groups in total. The number of carbonyl (C=O) groups is 3. The van der Waals surface area contributed by atoms with E-state index in [1.807, 2.05) is 0 Å².